The van der Waals surface area contributed by atoms with Crippen LogP contribution in [0.2, 0.25) is 0 Å². The number of aliphatic hydroxyl groups excluding tert-OH is 2. The SMILES string of the molecule is CCOC(=O)/C=C(\C)C[C@@H]1OC[C@H](COS(=O)(=O)NC(=O)[C@@H](N)[C@@H](C)CC)[C@@H](O)[C@H]1O. The molecule has 1 amide bonds. The maximum Gasteiger partial charge on any atom is 0.362 e. The van der Waals surface area contributed by atoms with Crippen LogP contribution in [0.1, 0.15) is 40.5 Å². The minimum atomic E-state index is -4.45. The standard InChI is InChI=1S/C19H34N2O9S/c1-5-12(4)16(20)19(25)21-31(26,27)30-10-13-9-29-14(18(24)17(13)23)7-11(3)8-15(22)28-6-2/h8,12-14,16-18,23-24H,5-7,9-10,20H2,1-4H3,(H,21,25)/b11-8+/t12-,13+,14-,16-,17+,18-/m0/s1. The zero-order chi connectivity index (χ0) is 23.8. The Balaban J connectivity index is 2.60. The predicted octanol–water partition coefficient (Wildman–Crippen LogP) is -0.626. The van der Waals surface area contributed by atoms with Crippen LogP contribution in [0.4, 0.5) is 0 Å². The van der Waals surface area contributed by atoms with Crippen molar-refractivity contribution < 1.29 is 41.9 Å². The van der Waals surface area contributed by atoms with Gasteiger partial charge in [0.1, 0.15) is 6.10 Å². The van der Waals surface area contributed by atoms with Gasteiger partial charge in [-0.3, -0.25) is 8.98 Å². The van der Waals surface area contributed by atoms with E-state index in [1.165, 1.54) is 6.08 Å². The summed E-state index contributed by atoms with van der Waals surface area (Å²) in [5.74, 6) is -2.48. The number of hydrogen-bond acceptors (Lipinski definition) is 10. The Morgan fingerprint density at radius 1 is 1.29 bits per heavy atom. The molecule has 1 fully saturated rings. The highest BCUT2D eigenvalue weighted by Gasteiger charge is 2.39. The number of nitrogens with two attached hydrogens (primary N) is 1. The number of ether oxygens (including phenoxy) is 2. The van der Waals surface area contributed by atoms with Crippen LogP contribution in [0, 0.1) is 11.8 Å². The summed E-state index contributed by atoms with van der Waals surface area (Å²) in [6.07, 6.45) is -1.41. The second-order valence-electron chi connectivity index (χ2n) is 7.68. The highest BCUT2D eigenvalue weighted by molar-refractivity contribution is 7.85. The Morgan fingerprint density at radius 2 is 1.94 bits per heavy atom. The van der Waals surface area contributed by atoms with Gasteiger partial charge in [-0.05, 0) is 26.2 Å². The molecule has 31 heavy (non-hydrogen) atoms. The van der Waals surface area contributed by atoms with E-state index < -0.39 is 59.1 Å². The van der Waals surface area contributed by atoms with Gasteiger partial charge < -0.3 is 25.4 Å². The second-order valence-corrected chi connectivity index (χ2v) is 9.02. The molecule has 1 saturated heterocycles. The van der Waals surface area contributed by atoms with Gasteiger partial charge in [0.15, 0.2) is 0 Å². The van der Waals surface area contributed by atoms with Crippen molar-refractivity contribution in [3.63, 3.8) is 0 Å². The predicted molar refractivity (Wildman–Crippen MR) is 111 cm³/mol. The molecule has 1 aliphatic rings. The smallest absolute Gasteiger partial charge is 0.362 e. The molecule has 6 atom stereocenters. The molecule has 5 N–H and O–H groups in total. The van der Waals surface area contributed by atoms with Gasteiger partial charge in [0.05, 0.1) is 38.1 Å². The third-order valence-electron chi connectivity index (χ3n) is 5.13. The molecule has 0 bridgehead atoms. The van der Waals surface area contributed by atoms with E-state index in [0.717, 1.165) is 0 Å². The summed E-state index contributed by atoms with van der Waals surface area (Å²) in [6, 6.07) is -1.01. The summed E-state index contributed by atoms with van der Waals surface area (Å²) in [7, 11) is -4.45. The first-order valence-electron chi connectivity index (χ1n) is 10.2. The molecule has 0 aromatic rings. The number of carbonyl (C=O) groups is 2. The van der Waals surface area contributed by atoms with Crippen LogP contribution in [0.15, 0.2) is 11.6 Å². The molecule has 0 aromatic carbocycles. The Labute approximate surface area is 183 Å². The van der Waals surface area contributed by atoms with Crippen LogP contribution in [0.5, 0.6) is 0 Å². The third kappa shape index (κ3) is 8.83. The van der Waals surface area contributed by atoms with E-state index in [2.05, 4.69) is 0 Å². The summed E-state index contributed by atoms with van der Waals surface area (Å²) in [6.45, 7) is 6.51. The summed E-state index contributed by atoms with van der Waals surface area (Å²) >= 11 is 0. The number of aliphatic hydroxyl groups is 2. The van der Waals surface area contributed by atoms with Crippen molar-refractivity contribution in [1.82, 2.24) is 4.72 Å². The van der Waals surface area contributed by atoms with Crippen molar-refractivity contribution in [3.8, 4) is 0 Å². The van der Waals surface area contributed by atoms with Crippen molar-refractivity contribution in [1.29, 1.82) is 0 Å². The molecule has 0 spiro atoms. The minimum absolute atomic E-state index is 0.0918. The highest BCUT2D eigenvalue weighted by atomic mass is 32.2. The average Bonchev–Trinajstić information content (AvgIpc) is 2.69. The van der Waals surface area contributed by atoms with Crippen molar-refractivity contribution in [3.05, 3.63) is 11.6 Å². The van der Waals surface area contributed by atoms with Crippen LogP contribution in [-0.2, 0) is 33.6 Å². The van der Waals surface area contributed by atoms with Crippen LogP contribution >= 0.6 is 0 Å². The molecule has 1 heterocycles. The first kappa shape index (κ1) is 27.5. The fourth-order valence-electron chi connectivity index (χ4n) is 2.94. The molecule has 0 aliphatic carbocycles. The van der Waals surface area contributed by atoms with Gasteiger partial charge in [-0.2, -0.15) is 8.42 Å². The molecule has 1 rings (SSSR count). The van der Waals surface area contributed by atoms with Gasteiger partial charge in [-0.1, -0.05) is 25.8 Å². The number of nitrogens with one attached hydrogen (secondary N) is 1. The van der Waals surface area contributed by atoms with Crippen molar-refractivity contribution >= 4 is 22.2 Å². The number of esters is 1. The van der Waals surface area contributed by atoms with Gasteiger partial charge in [0.25, 0.3) is 5.91 Å². The quantitative estimate of drug-likeness (QED) is 0.227. The largest absolute Gasteiger partial charge is 0.463 e. The van der Waals surface area contributed by atoms with Gasteiger partial charge in [-0.15, -0.1) is 0 Å². The number of carbonyl (C=O) groups excluding carboxylic acids is 2. The molecule has 0 aromatic heterocycles. The van der Waals surface area contributed by atoms with Crippen LogP contribution in [0.3, 0.4) is 0 Å². The molecule has 1 aliphatic heterocycles. The second kappa shape index (κ2) is 12.5. The lowest BCUT2D eigenvalue weighted by atomic mass is 9.90. The maximum absolute atomic E-state index is 12.0. The van der Waals surface area contributed by atoms with Gasteiger partial charge in [0, 0.05) is 12.0 Å². The zero-order valence-electron chi connectivity index (χ0n) is 18.3. The van der Waals surface area contributed by atoms with E-state index in [1.807, 2.05) is 6.92 Å². The molecule has 0 saturated carbocycles. The highest BCUT2D eigenvalue weighted by Crippen LogP contribution is 2.25. The summed E-state index contributed by atoms with van der Waals surface area (Å²) < 4.78 is 40.9. The monoisotopic (exact) mass is 466 g/mol. The lowest BCUT2D eigenvalue weighted by Gasteiger charge is -2.37. The summed E-state index contributed by atoms with van der Waals surface area (Å²) in [4.78, 5) is 23.4. The number of amides is 1. The normalized spacial score (nSPS) is 26.7. The molecular formula is C19H34N2O9S. The van der Waals surface area contributed by atoms with Gasteiger partial charge >= 0.3 is 16.3 Å². The van der Waals surface area contributed by atoms with E-state index in [4.69, 9.17) is 19.4 Å². The van der Waals surface area contributed by atoms with E-state index in [1.54, 1.807) is 25.5 Å². The molecular weight excluding hydrogens is 432 g/mol. The third-order valence-corrected chi connectivity index (χ3v) is 6.03. The van der Waals surface area contributed by atoms with Crippen molar-refractivity contribution in [2.75, 3.05) is 19.8 Å². The number of rotatable bonds is 11. The lowest BCUT2D eigenvalue weighted by molar-refractivity contribution is -0.168. The summed E-state index contributed by atoms with van der Waals surface area (Å²) in [5, 5.41) is 20.7. The Kier molecular flexibility index (Phi) is 11.0. The Morgan fingerprint density at radius 3 is 2.52 bits per heavy atom. The van der Waals surface area contributed by atoms with Gasteiger partial charge in [0.2, 0.25) is 0 Å². The van der Waals surface area contributed by atoms with Crippen LogP contribution in [0.25, 0.3) is 0 Å². The fraction of sp³-hybridized carbons (Fsp3) is 0.789. The zero-order valence-corrected chi connectivity index (χ0v) is 19.1. The van der Waals surface area contributed by atoms with E-state index in [0.29, 0.717) is 12.0 Å². The molecule has 12 heteroatoms. The average molecular weight is 467 g/mol. The van der Waals surface area contributed by atoms with Crippen LogP contribution < -0.4 is 10.5 Å². The first-order chi connectivity index (χ1) is 14.4. The first-order valence-corrected chi connectivity index (χ1v) is 11.6. The molecule has 180 valence electrons. The number of hydrogen-bond donors (Lipinski definition) is 4. The Hall–Kier alpha value is -1.57. The maximum atomic E-state index is 12.0. The van der Waals surface area contributed by atoms with Crippen LogP contribution in [-0.4, -0.2) is 74.7 Å². The molecule has 11 nitrogen and oxygen atoms in total. The molecule has 0 unspecified atom stereocenters. The van der Waals surface area contributed by atoms with E-state index >= 15 is 0 Å². The molecule has 0 radical (unpaired) electrons. The summed E-state index contributed by atoms with van der Waals surface area (Å²) in [5.41, 5.74) is 6.29. The lowest BCUT2D eigenvalue weighted by Crippen LogP contribution is -2.52. The van der Waals surface area contributed by atoms with Gasteiger partial charge in [-0.25, -0.2) is 9.52 Å². The fourth-order valence-corrected chi connectivity index (χ4v) is 3.74. The van der Waals surface area contributed by atoms with Crippen molar-refractivity contribution in [2.45, 2.75) is 64.9 Å². The minimum Gasteiger partial charge on any atom is -0.463 e. The van der Waals surface area contributed by atoms with E-state index in [-0.39, 0.29) is 25.6 Å². The van der Waals surface area contributed by atoms with Crippen molar-refractivity contribution in [2.24, 2.45) is 17.6 Å². The topological polar surface area (TPSA) is 174 Å². The Bertz CT molecular complexity index is 741. The van der Waals surface area contributed by atoms with E-state index in [9.17, 15) is 28.2 Å².